The summed E-state index contributed by atoms with van der Waals surface area (Å²) in [5, 5.41) is 15.0. The van der Waals surface area contributed by atoms with Gasteiger partial charge in [-0.3, -0.25) is 0 Å². The molecular formula is C20H14N4S. The van der Waals surface area contributed by atoms with Crippen LogP contribution in [-0.2, 0) is 0 Å². The molecule has 5 heteroatoms. The molecule has 0 fully saturated rings. The van der Waals surface area contributed by atoms with Gasteiger partial charge in [-0.15, -0.1) is 11.3 Å². The van der Waals surface area contributed by atoms with Crippen LogP contribution in [0.25, 0.3) is 27.2 Å². The van der Waals surface area contributed by atoms with Crippen molar-refractivity contribution in [3.63, 3.8) is 0 Å². The van der Waals surface area contributed by atoms with Crippen molar-refractivity contribution >= 4 is 49.9 Å². The first-order valence-electron chi connectivity index (χ1n) is 7.74. The Bertz CT molecular complexity index is 1160. The number of pyridine rings is 1. The summed E-state index contributed by atoms with van der Waals surface area (Å²) in [6.45, 7) is 3.70. The molecule has 2 N–H and O–H groups in total. The molecule has 0 bridgehead atoms. The summed E-state index contributed by atoms with van der Waals surface area (Å²) in [7, 11) is 0. The van der Waals surface area contributed by atoms with E-state index in [1.807, 2.05) is 42.6 Å². The number of anilines is 2. The zero-order valence-corrected chi connectivity index (χ0v) is 14.1. The fourth-order valence-electron chi connectivity index (χ4n) is 2.75. The van der Waals surface area contributed by atoms with Gasteiger partial charge in [0.05, 0.1) is 11.3 Å². The third kappa shape index (κ3) is 2.80. The molecule has 4 nitrogen and oxygen atoms in total. The molecule has 4 rings (SSSR count). The van der Waals surface area contributed by atoms with Gasteiger partial charge in [0.15, 0.2) is 0 Å². The smallest absolute Gasteiger partial charge is 0.125 e. The van der Waals surface area contributed by atoms with E-state index in [0.717, 1.165) is 37.4 Å². The van der Waals surface area contributed by atoms with Gasteiger partial charge in [-0.25, -0.2) is 4.98 Å². The van der Waals surface area contributed by atoms with Crippen molar-refractivity contribution in [3.05, 3.63) is 71.9 Å². The van der Waals surface area contributed by atoms with E-state index in [-0.39, 0.29) is 0 Å². The topological polar surface area (TPSA) is 64.5 Å². The van der Waals surface area contributed by atoms with Gasteiger partial charge in [-0.05, 0) is 36.4 Å². The van der Waals surface area contributed by atoms with Crippen molar-refractivity contribution in [2.45, 2.75) is 0 Å². The Morgan fingerprint density at radius 1 is 1.28 bits per heavy atom. The van der Waals surface area contributed by atoms with Crippen LogP contribution in [0.5, 0.6) is 0 Å². The van der Waals surface area contributed by atoms with Crippen LogP contribution in [-0.4, -0.2) is 9.97 Å². The highest BCUT2D eigenvalue weighted by molar-refractivity contribution is 7.19. The monoisotopic (exact) mass is 342 g/mol. The Balaban J connectivity index is 1.83. The molecule has 3 heterocycles. The lowest BCUT2D eigenvalue weighted by molar-refractivity contribution is 1.38. The van der Waals surface area contributed by atoms with Crippen LogP contribution in [0.1, 0.15) is 10.4 Å². The molecule has 0 saturated heterocycles. The number of H-pyrrole nitrogens is 1. The van der Waals surface area contributed by atoms with Crippen molar-refractivity contribution in [1.82, 2.24) is 9.97 Å². The number of nitrogens with one attached hydrogen (secondary N) is 2. The minimum atomic E-state index is 0.527. The van der Waals surface area contributed by atoms with Crippen LogP contribution in [0.4, 0.5) is 11.4 Å². The van der Waals surface area contributed by atoms with E-state index in [1.54, 1.807) is 23.6 Å². The van der Waals surface area contributed by atoms with E-state index in [0.29, 0.717) is 5.56 Å². The highest BCUT2D eigenvalue weighted by Crippen LogP contribution is 2.35. The van der Waals surface area contributed by atoms with Gasteiger partial charge in [0.2, 0.25) is 0 Å². The molecule has 0 atom stereocenters. The quantitative estimate of drug-likeness (QED) is 0.475. The number of rotatable bonds is 4. The first-order valence-corrected chi connectivity index (χ1v) is 8.56. The van der Waals surface area contributed by atoms with Gasteiger partial charge >= 0.3 is 0 Å². The SMILES string of the molecule is C=CC=Cc1cc2c(Nc3ccc4[nH]ccc4c3)c(C#N)cnc2s1. The maximum absolute atomic E-state index is 9.48. The standard InChI is InChI=1S/C20H14N4S/c1-2-3-4-16-10-17-19(14(11-21)12-23-20(17)25-16)24-15-5-6-18-13(9-15)7-8-22-18/h2-10,12,22H,1H2,(H,23,24). The van der Waals surface area contributed by atoms with Gasteiger partial charge in [0, 0.05) is 39.2 Å². The van der Waals surface area contributed by atoms with E-state index < -0.39 is 0 Å². The Morgan fingerprint density at radius 3 is 3.04 bits per heavy atom. The highest BCUT2D eigenvalue weighted by Gasteiger charge is 2.12. The molecule has 25 heavy (non-hydrogen) atoms. The number of hydrogen-bond acceptors (Lipinski definition) is 4. The summed E-state index contributed by atoms with van der Waals surface area (Å²) in [6.07, 6.45) is 9.15. The highest BCUT2D eigenvalue weighted by atomic mass is 32.1. The lowest BCUT2D eigenvalue weighted by atomic mass is 10.1. The molecule has 4 aromatic rings. The van der Waals surface area contributed by atoms with Gasteiger partial charge in [-0.2, -0.15) is 5.26 Å². The number of thiophene rings is 1. The maximum Gasteiger partial charge on any atom is 0.125 e. The van der Waals surface area contributed by atoms with Gasteiger partial charge in [-0.1, -0.05) is 18.7 Å². The number of aromatic nitrogens is 2. The summed E-state index contributed by atoms with van der Waals surface area (Å²) in [6, 6.07) is 12.4. The van der Waals surface area contributed by atoms with Crippen LogP contribution in [0.3, 0.4) is 0 Å². The van der Waals surface area contributed by atoms with E-state index in [9.17, 15) is 5.26 Å². The van der Waals surface area contributed by atoms with Crippen molar-refractivity contribution in [1.29, 1.82) is 5.26 Å². The second-order valence-corrected chi connectivity index (χ2v) is 6.59. The molecule has 1 aromatic carbocycles. The van der Waals surface area contributed by atoms with E-state index in [4.69, 9.17) is 0 Å². The average Bonchev–Trinajstić information content (AvgIpc) is 3.26. The van der Waals surface area contributed by atoms with Crippen LogP contribution in [0.2, 0.25) is 0 Å². The summed E-state index contributed by atoms with van der Waals surface area (Å²) >= 11 is 1.58. The van der Waals surface area contributed by atoms with Gasteiger partial charge < -0.3 is 10.3 Å². The van der Waals surface area contributed by atoms with Crippen LogP contribution in [0.15, 0.2) is 61.5 Å². The minimum absolute atomic E-state index is 0.527. The number of nitrogens with zero attached hydrogens (tertiary/aromatic N) is 2. The first-order chi connectivity index (χ1) is 12.3. The second kappa shape index (κ2) is 6.27. The van der Waals surface area contributed by atoms with Crippen LogP contribution < -0.4 is 5.32 Å². The Kier molecular flexibility index (Phi) is 3.81. The predicted molar refractivity (Wildman–Crippen MR) is 105 cm³/mol. The third-order valence-electron chi connectivity index (χ3n) is 3.92. The number of hydrogen-bond donors (Lipinski definition) is 2. The second-order valence-electron chi connectivity index (χ2n) is 5.53. The van der Waals surface area contributed by atoms with E-state index >= 15 is 0 Å². The molecular weight excluding hydrogens is 328 g/mol. The zero-order valence-electron chi connectivity index (χ0n) is 13.3. The normalized spacial score (nSPS) is 11.2. The van der Waals surface area contributed by atoms with Crippen molar-refractivity contribution in [2.75, 3.05) is 5.32 Å². The van der Waals surface area contributed by atoms with Crippen LogP contribution >= 0.6 is 11.3 Å². The fraction of sp³-hybridized carbons (Fsp3) is 0. The number of nitriles is 1. The fourth-order valence-corrected chi connectivity index (χ4v) is 3.67. The number of benzene rings is 1. The molecule has 0 aliphatic carbocycles. The molecule has 0 aliphatic rings. The number of aromatic amines is 1. The Labute approximate surface area is 148 Å². The minimum Gasteiger partial charge on any atom is -0.361 e. The summed E-state index contributed by atoms with van der Waals surface area (Å²) in [4.78, 5) is 9.56. The molecule has 0 spiro atoms. The zero-order chi connectivity index (χ0) is 17.2. The maximum atomic E-state index is 9.48. The molecule has 120 valence electrons. The molecule has 0 radical (unpaired) electrons. The largest absolute Gasteiger partial charge is 0.361 e. The molecule has 0 saturated carbocycles. The Hall–Kier alpha value is -3.36. The Morgan fingerprint density at radius 2 is 2.20 bits per heavy atom. The summed E-state index contributed by atoms with van der Waals surface area (Å²) in [5.74, 6) is 0. The third-order valence-corrected chi connectivity index (χ3v) is 4.93. The molecule has 0 unspecified atom stereocenters. The molecule has 0 amide bonds. The average molecular weight is 342 g/mol. The molecule has 0 aliphatic heterocycles. The number of allylic oxidation sites excluding steroid dienone is 2. The van der Waals surface area contributed by atoms with Crippen molar-refractivity contribution in [3.8, 4) is 6.07 Å². The van der Waals surface area contributed by atoms with Gasteiger partial charge in [0.25, 0.3) is 0 Å². The van der Waals surface area contributed by atoms with Crippen molar-refractivity contribution in [2.24, 2.45) is 0 Å². The lowest BCUT2D eigenvalue weighted by Gasteiger charge is -2.09. The van der Waals surface area contributed by atoms with E-state index in [2.05, 4.69) is 34.0 Å². The van der Waals surface area contributed by atoms with Crippen molar-refractivity contribution < 1.29 is 0 Å². The van der Waals surface area contributed by atoms with Crippen LogP contribution in [0, 0.1) is 11.3 Å². The summed E-state index contributed by atoms with van der Waals surface area (Å²) < 4.78 is 0. The summed E-state index contributed by atoms with van der Waals surface area (Å²) in [5.41, 5.74) is 3.33. The first kappa shape index (κ1) is 15.2. The number of fused-ring (bicyclic) bond motifs is 2. The van der Waals surface area contributed by atoms with E-state index in [1.165, 1.54) is 0 Å². The lowest BCUT2D eigenvalue weighted by Crippen LogP contribution is -1.95. The molecule has 3 aromatic heterocycles. The van der Waals surface area contributed by atoms with Gasteiger partial charge in [0.1, 0.15) is 10.9 Å². The predicted octanol–water partition coefficient (Wildman–Crippen LogP) is 5.59.